The lowest BCUT2D eigenvalue weighted by Gasteiger charge is -2.09. The molecule has 0 aliphatic carbocycles. The highest BCUT2D eigenvalue weighted by Gasteiger charge is 2.09. The monoisotopic (exact) mass is 376 g/mol. The van der Waals surface area contributed by atoms with Crippen molar-refractivity contribution in [2.75, 3.05) is 13.7 Å². The van der Waals surface area contributed by atoms with Gasteiger partial charge in [-0.05, 0) is 24.3 Å². The van der Waals surface area contributed by atoms with Crippen LogP contribution in [0.15, 0.2) is 65.7 Å². The summed E-state index contributed by atoms with van der Waals surface area (Å²) >= 11 is 0. The number of ether oxygens (including phenoxy) is 1. The van der Waals surface area contributed by atoms with Crippen LogP contribution in [0, 0.1) is 0 Å². The molecule has 0 aliphatic heterocycles. The van der Waals surface area contributed by atoms with E-state index in [2.05, 4.69) is 15.0 Å². The van der Waals surface area contributed by atoms with Crippen molar-refractivity contribution in [3.8, 4) is 5.75 Å². The van der Waals surface area contributed by atoms with E-state index >= 15 is 0 Å². The third kappa shape index (κ3) is 3.34. The number of nitrogens with one attached hydrogen (secondary N) is 1. The number of aromatic nitrogens is 3. The van der Waals surface area contributed by atoms with Crippen LogP contribution in [0.4, 0.5) is 0 Å². The first kappa shape index (κ1) is 17.8. The number of fused-ring (bicyclic) bond motifs is 2. The zero-order chi connectivity index (χ0) is 19.5. The summed E-state index contributed by atoms with van der Waals surface area (Å²) in [7, 11) is 1.65. The van der Waals surface area contributed by atoms with Gasteiger partial charge < -0.3 is 14.6 Å². The summed E-state index contributed by atoms with van der Waals surface area (Å²) in [5.41, 5.74) is 0.776. The van der Waals surface area contributed by atoms with Gasteiger partial charge in [0.05, 0.1) is 24.2 Å². The van der Waals surface area contributed by atoms with Crippen LogP contribution in [0.3, 0.4) is 0 Å². The Hall–Kier alpha value is -3.61. The number of methoxy groups -OCH3 is 1. The second kappa shape index (κ2) is 7.56. The lowest BCUT2D eigenvalue weighted by Crippen LogP contribution is -2.35. The molecule has 0 unspecified atom stereocenters. The maximum Gasteiger partial charge on any atom is 0.275 e. The molecule has 2 heterocycles. The van der Waals surface area contributed by atoms with E-state index in [9.17, 15) is 9.59 Å². The average Bonchev–Trinajstić information content (AvgIpc) is 3.13. The molecule has 0 saturated heterocycles. The maximum absolute atomic E-state index is 12.4. The zero-order valence-electron chi connectivity index (χ0n) is 15.5. The van der Waals surface area contributed by atoms with Crippen LogP contribution in [0.25, 0.3) is 21.7 Å². The molecule has 0 atom stereocenters. The molecule has 2 aromatic heterocycles. The van der Waals surface area contributed by atoms with E-state index in [0.29, 0.717) is 18.5 Å². The van der Waals surface area contributed by atoms with Gasteiger partial charge in [-0.2, -0.15) is 5.10 Å². The quantitative estimate of drug-likeness (QED) is 0.559. The third-order valence-electron chi connectivity index (χ3n) is 4.72. The molecule has 2 aromatic carbocycles. The largest absolute Gasteiger partial charge is 0.496 e. The fraction of sp³-hybridized carbons (Fsp3) is 0.190. The fourth-order valence-corrected chi connectivity index (χ4v) is 3.32. The van der Waals surface area contributed by atoms with E-state index < -0.39 is 0 Å². The van der Waals surface area contributed by atoms with E-state index in [1.165, 1.54) is 4.68 Å². The minimum atomic E-state index is -0.267. The number of hydrogen-bond donors (Lipinski definition) is 1. The van der Waals surface area contributed by atoms with Crippen molar-refractivity contribution in [3.05, 3.63) is 71.3 Å². The van der Waals surface area contributed by atoms with Crippen LogP contribution in [0.5, 0.6) is 5.75 Å². The first-order valence-electron chi connectivity index (χ1n) is 9.01. The minimum absolute atomic E-state index is 0.107. The van der Waals surface area contributed by atoms with Crippen molar-refractivity contribution in [3.63, 3.8) is 0 Å². The Morgan fingerprint density at radius 2 is 1.96 bits per heavy atom. The third-order valence-corrected chi connectivity index (χ3v) is 4.72. The molecule has 1 N–H and O–H groups in total. The molecule has 7 heteroatoms. The van der Waals surface area contributed by atoms with E-state index in [1.54, 1.807) is 25.4 Å². The SMILES string of the molecule is COc1cccc2c1ccn2CCNC(=O)Cn1ncc2ccccc2c1=O. The first-order chi connectivity index (χ1) is 13.7. The summed E-state index contributed by atoms with van der Waals surface area (Å²) in [6.45, 7) is 0.953. The minimum Gasteiger partial charge on any atom is -0.496 e. The molecular formula is C21H20N4O3. The topological polar surface area (TPSA) is 78.2 Å². The first-order valence-corrected chi connectivity index (χ1v) is 9.01. The van der Waals surface area contributed by atoms with Gasteiger partial charge in [-0.25, -0.2) is 4.68 Å². The van der Waals surface area contributed by atoms with Crippen molar-refractivity contribution >= 4 is 27.6 Å². The van der Waals surface area contributed by atoms with Gasteiger partial charge >= 0.3 is 0 Å². The molecular weight excluding hydrogens is 356 g/mol. The molecule has 7 nitrogen and oxygen atoms in total. The predicted molar refractivity (Wildman–Crippen MR) is 108 cm³/mol. The Bertz CT molecular complexity index is 1210. The Morgan fingerprint density at radius 3 is 2.82 bits per heavy atom. The number of hydrogen-bond acceptors (Lipinski definition) is 4. The summed E-state index contributed by atoms with van der Waals surface area (Å²) < 4.78 is 8.61. The zero-order valence-corrected chi connectivity index (χ0v) is 15.5. The highest BCUT2D eigenvalue weighted by atomic mass is 16.5. The second-order valence-electron chi connectivity index (χ2n) is 6.45. The van der Waals surface area contributed by atoms with Gasteiger partial charge in [0.15, 0.2) is 0 Å². The molecule has 28 heavy (non-hydrogen) atoms. The van der Waals surface area contributed by atoms with Gasteiger partial charge in [0.1, 0.15) is 12.3 Å². The van der Waals surface area contributed by atoms with Crippen molar-refractivity contribution in [2.45, 2.75) is 13.1 Å². The van der Waals surface area contributed by atoms with Crippen molar-refractivity contribution in [2.24, 2.45) is 0 Å². The number of amides is 1. The van der Waals surface area contributed by atoms with Crippen LogP contribution in [-0.2, 0) is 17.9 Å². The lowest BCUT2D eigenvalue weighted by molar-refractivity contribution is -0.121. The molecule has 0 bridgehead atoms. The molecule has 0 aliphatic rings. The van der Waals surface area contributed by atoms with E-state index in [0.717, 1.165) is 22.0 Å². The molecule has 142 valence electrons. The number of nitrogens with zero attached hydrogens (tertiary/aromatic N) is 3. The van der Waals surface area contributed by atoms with Gasteiger partial charge in [0, 0.05) is 30.1 Å². The van der Waals surface area contributed by atoms with Crippen LogP contribution in [0.1, 0.15) is 0 Å². The Kier molecular flexibility index (Phi) is 4.80. The van der Waals surface area contributed by atoms with Crippen LogP contribution < -0.4 is 15.6 Å². The van der Waals surface area contributed by atoms with Crippen LogP contribution in [-0.4, -0.2) is 33.9 Å². The molecule has 0 spiro atoms. The number of carbonyl (C=O) groups excluding carboxylic acids is 1. The molecule has 0 fully saturated rings. The van der Waals surface area contributed by atoms with Gasteiger partial charge in [-0.15, -0.1) is 0 Å². The summed E-state index contributed by atoms with van der Waals surface area (Å²) in [5, 5.41) is 9.28. The molecule has 4 rings (SSSR count). The molecule has 0 radical (unpaired) electrons. The lowest BCUT2D eigenvalue weighted by atomic mass is 10.2. The Balaban J connectivity index is 1.40. The summed E-state index contributed by atoms with van der Waals surface area (Å²) in [6.07, 6.45) is 3.57. The average molecular weight is 376 g/mol. The van der Waals surface area contributed by atoms with E-state index in [-0.39, 0.29) is 18.0 Å². The van der Waals surface area contributed by atoms with Crippen molar-refractivity contribution in [1.82, 2.24) is 19.7 Å². The standard InChI is InChI=1S/C21H20N4O3/c1-28-19-8-4-7-18-17(19)9-11-24(18)12-10-22-20(26)14-25-21(27)16-6-3-2-5-15(16)13-23-25/h2-9,11,13H,10,12,14H2,1H3,(H,22,26). The smallest absolute Gasteiger partial charge is 0.275 e. The fourth-order valence-electron chi connectivity index (χ4n) is 3.32. The number of benzene rings is 2. The summed E-state index contributed by atoms with van der Waals surface area (Å²) in [5.74, 6) is 0.570. The molecule has 0 saturated carbocycles. The predicted octanol–water partition coefficient (Wildman–Crippen LogP) is 2.18. The van der Waals surface area contributed by atoms with Gasteiger partial charge in [-0.1, -0.05) is 24.3 Å². The number of rotatable bonds is 6. The molecule has 4 aromatic rings. The van der Waals surface area contributed by atoms with Gasteiger partial charge in [0.25, 0.3) is 5.56 Å². The van der Waals surface area contributed by atoms with Gasteiger partial charge in [-0.3, -0.25) is 9.59 Å². The highest BCUT2D eigenvalue weighted by molar-refractivity contribution is 5.86. The highest BCUT2D eigenvalue weighted by Crippen LogP contribution is 2.25. The van der Waals surface area contributed by atoms with E-state index in [1.807, 2.05) is 42.6 Å². The second-order valence-corrected chi connectivity index (χ2v) is 6.45. The Morgan fingerprint density at radius 1 is 1.11 bits per heavy atom. The Labute approximate surface area is 161 Å². The van der Waals surface area contributed by atoms with Crippen LogP contribution >= 0.6 is 0 Å². The van der Waals surface area contributed by atoms with Crippen molar-refractivity contribution in [1.29, 1.82) is 0 Å². The maximum atomic E-state index is 12.4. The van der Waals surface area contributed by atoms with Crippen LogP contribution in [0.2, 0.25) is 0 Å². The summed E-state index contributed by atoms with van der Waals surface area (Å²) in [6, 6.07) is 15.1. The van der Waals surface area contributed by atoms with Gasteiger partial charge in [0.2, 0.25) is 5.91 Å². The molecule has 1 amide bonds. The van der Waals surface area contributed by atoms with Crippen molar-refractivity contribution < 1.29 is 9.53 Å². The van der Waals surface area contributed by atoms with E-state index in [4.69, 9.17) is 4.74 Å². The number of carbonyl (C=O) groups is 1. The normalized spacial score (nSPS) is 11.0. The summed E-state index contributed by atoms with van der Waals surface area (Å²) in [4.78, 5) is 24.7.